The van der Waals surface area contributed by atoms with Crippen LogP contribution >= 0.6 is 0 Å². The molecule has 0 aliphatic carbocycles. The minimum Gasteiger partial charge on any atom is -0.396 e. The van der Waals surface area contributed by atoms with Crippen molar-refractivity contribution in [2.45, 2.75) is 98.3 Å². The van der Waals surface area contributed by atoms with Crippen LogP contribution in [0.15, 0.2) is 0 Å². The lowest BCUT2D eigenvalue weighted by Gasteiger charge is -2.15. The first-order valence-corrected chi connectivity index (χ1v) is 9.20. The molecule has 0 aromatic carbocycles. The second-order valence-corrected chi connectivity index (χ2v) is 7.26. The van der Waals surface area contributed by atoms with E-state index in [4.69, 9.17) is 0 Å². The average Bonchev–Trinajstić information content (AvgIpc) is 2.43. The zero-order valence-corrected chi connectivity index (χ0v) is 14.7. The highest BCUT2D eigenvalue weighted by Crippen LogP contribution is 2.20. The molecule has 0 saturated carbocycles. The van der Waals surface area contributed by atoms with Crippen molar-refractivity contribution in [3.8, 4) is 0 Å². The third-order valence-corrected chi connectivity index (χ3v) is 4.51. The molecule has 1 N–H and O–H groups in total. The van der Waals surface area contributed by atoms with E-state index in [1.165, 1.54) is 70.6 Å². The van der Waals surface area contributed by atoms with Crippen LogP contribution in [-0.4, -0.2) is 11.7 Å². The Kier molecular flexibility index (Phi) is 13.9. The highest BCUT2D eigenvalue weighted by molar-refractivity contribution is 4.61. The average molecular weight is 285 g/mol. The van der Waals surface area contributed by atoms with Gasteiger partial charge in [0, 0.05) is 6.61 Å². The van der Waals surface area contributed by atoms with Crippen molar-refractivity contribution < 1.29 is 5.11 Å². The molecule has 0 amide bonds. The summed E-state index contributed by atoms with van der Waals surface area (Å²) in [6.07, 6.45) is 14.6. The summed E-state index contributed by atoms with van der Waals surface area (Å²) < 4.78 is 0. The van der Waals surface area contributed by atoms with Crippen LogP contribution in [0.2, 0.25) is 0 Å². The van der Waals surface area contributed by atoms with E-state index in [0.717, 1.165) is 11.8 Å². The van der Waals surface area contributed by atoms with E-state index in [1.54, 1.807) is 0 Å². The van der Waals surface area contributed by atoms with Crippen LogP contribution in [0.4, 0.5) is 0 Å². The van der Waals surface area contributed by atoms with Gasteiger partial charge in [0.25, 0.3) is 0 Å². The molecule has 0 aromatic rings. The molecule has 0 heterocycles. The molecule has 0 fully saturated rings. The van der Waals surface area contributed by atoms with E-state index < -0.39 is 0 Å². The Morgan fingerprint density at radius 1 is 0.700 bits per heavy atom. The van der Waals surface area contributed by atoms with Crippen LogP contribution in [0, 0.1) is 17.8 Å². The van der Waals surface area contributed by atoms with E-state index in [-0.39, 0.29) is 0 Å². The van der Waals surface area contributed by atoms with Gasteiger partial charge in [0.05, 0.1) is 0 Å². The monoisotopic (exact) mass is 284 g/mol. The quantitative estimate of drug-likeness (QED) is 0.377. The lowest BCUT2D eigenvalue weighted by atomic mass is 9.92. The summed E-state index contributed by atoms with van der Waals surface area (Å²) in [6, 6.07) is 0. The summed E-state index contributed by atoms with van der Waals surface area (Å²) in [5, 5.41) is 9.46. The highest BCUT2D eigenvalue weighted by atomic mass is 16.3. The molecule has 2 atom stereocenters. The maximum atomic E-state index is 9.46. The van der Waals surface area contributed by atoms with E-state index in [1.807, 2.05) is 0 Å². The Labute approximate surface area is 128 Å². The zero-order chi connectivity index (χ0) is 15.2. The van der Waals surface area contributed by atoms with Gasteiger partial charge in [-0.3, -0.25) is 0 Å². The zero-order valence-electron chi connectivity index (χ0n) is 14.7. The van der Waals surface area contributed by atoms with Gasteiger partial charge in [-0.05, 0) is 30.6 Å². The molecular weight excluding hydrogens is 244 g/mol. The van der Waals surface area contributed by atoms with Crippen LogP contribution in [0.3, 0.4) is 0 Å². The summed E-state index contributed by atoms with van der Waals surface area (Å²) >= 11 is 0. The van der Waals surface area contributed by atoms with Gasteiger partial charge >= 0.3 is 0 Å². The first-order valence-electron chi connectivity index (χ1n) is 9.20. The fourth-order valence-electron chi connectivity index (χ4n) is 2.94. The summed E-state index contributed by atoms with van der Waals surface area (Å²) in [4.78, 5) is 0. The Bertz CT molecular complexity index is 188. The van der Waals surface area contributed by atoms with Crippen molar-refractivity contribution in [2.75, 3.05) is 6.61 Å². The summed E-state index contributed by atoms with van der Waals surface area (Å²) in [5.41, 5.74) is 0. The first kappa shape index (κ1) is 20.0. The molecule has 0 spiro atoms. The van der Waals surface area contributed by atoms with E-state index in [9.17, 15) is 5.11 Å². The number of rotatable bonds is 14. The maximum absolute atomic E-state index is 9.46. The Balaban J connectivity index is 3.49. The van der Waals surface area contributed by atoms with Crippen LogP contribution < -0.4 is 0 Å². The van der Waals surface area contributed by atoms with Crippen molar-refractivity contribution in [1.82, 2.24) is 0 Å². The number of aliphatic hydroxyl groups excluding tert-OH is 1. The van der Waals surface area contributed by atoms with Crippen molar-refractivity contribution in [1.29, 1.82) is 0 Å². The molecule has 0 saturated heterocycles. The SMILES string of the molecule is CCCCC(C)CCCCC(CO)CCCCC(C)C. The Hall–Kier alpha value is -0.0400. The van der Waals surface area contributed by atoms with Gasteiger partial charge in [0.1, 0.15) is 0 Å². The highest BCUT2D eigenvalue weighted by Gasteiger charge is 2.08. The van der Waals surface area contributed by atoms with Crippen LogP contribution in [-0.2, 0) is 0 Å². The van der Waals surface area contributed by atoms with Gasteiger partial charge in [-0.15, -0.1) is 0 Å². The van der Waals surface area contributed by atoms with Gasteiger partial charge in [0.15, 0.2) is 0 Å². The molecule has 0 aliphatic rings. The van der Waals surface area contributed by atoms with Crippen LogP contribution in [0.25, 0.3) is 0 Å². The molecule has 122 valence electrons. The molecular formula is C19H40O. The minimum atomic E-state index is 0.396. The van der Waals surface area contributed by atoms with Crippen molar-refractivity contribution in [3.63, 3.8) is 0 Å². The number of aliphatic hydroxyl groups is 1. The van der Waals surface area contributed by atoms with Gasteiger partial charge in [0.2, 0.25) is 0 Å². The maximum Gasteiger partial charge on any atom is 0.0459 e. The smallest absolute Gasteiger partial charge is 0.0459 e. The van der Waals surface area contributed by atoms with Crippen molar-refractivity contribution >= 4 is 0 Å². The number of hydrogen-bond acceptors (Lipinski definition) is 1. The molecule has 1 nitrogen and oxygen atoms in total. The van der Waals surface area contributed by atoms with Crippen LogP contribution in [0.5, 0.6) is 0 Å². The summed E-state index contributed by atoms with van der Waals surface area (Å²) in [5.74, 6) is 2.29. The predicted molar refractivity (Wildman–Crippen MR) is 91.0 cm³/mol. The third kappa shape index (κ3) is 13.0. The summed E-state index contributed by atoms with van der Waals surface area (Å²) in [6.45, 7) is 9.66. The lowest BCUT2D eigenvalue weighted by molar-refractivity contribution is 0.203. The molecule has 2 unspecified atom stereocenters. The van der Waals surface area contributed by atoms with Gasteiger partial charge in [-0.2, -0.15) is 0 Å². The second kappa shape index (κ2) is 13.9. The number of hydrogen-bond donors (Lipinski definition) is 1. The molecule has 0 radical (unpaired) electrons. The topological polar surface area (TPSA) is 20.2 Å². The fourth-order valence-corrected chi connectivity index (χ4v) is 2.94. The second-order valence-electron chi connectivity index (χ2n) is 7.26. The first-order chi connectivity index (χ1) is 9.60. The number of unbranched alkanes of at least 4 members (excludes halogenated alkanes) is 3. The largest absolute Gasteiger partial charge is 0.396 e. The standard InChI is InChI=1S/C19H40O/c1-5-6-12-18(4)13-8-10-15-19(16-20)14-9-7-11-17(2)3/h17-20H,5-16H2,1-4H3. The molecule has 20 heavy (non-hydrogen) atoms. The molecule has 1 heteroatoms. The molecule has 0 aliphatic heterocycles. The van der Waals surface area contributed by atoms with E-state index in [2.05, 4.69) is 27.7 Å². The molecule has 0 bridgehead atoms. The summed E-state index contributed by atoms with van der Waals surface area (Å²) in [7, 11) is 0. The van der Waals surface area contributed by atoms with Gasteiger partial charge in [-0.25, -0.2) is 0 Å². The van der Waals surface area contributed by atoms with Crippen LogP contribution in [0.1, 0.15) is 98.3 Å². The Morgan fingerprint density at radius 2 is 1.20 bits per heavy atom. The molecule has 0 rings (SSSR count). The molecule has 0 aromatic heterocycles. The Morgan fingerprint density at radius 3 is 1.70 bits per heavy atom. The van der Waals surface area contributed by atoms with E-state index in [0.29, 0.717) is 12.5 Å². The van der Waals surface area contributed by atoms with Crippen molar-refractivity contribution in [3.05, 3.63) is 0 Å². The van der Waals surface area contributed by atoms with Crippen molar-refractivity contribution in [2.24, 2.45) is 17.8 Å². The van der Waals surface area contributed by atoms with E-state index >= 15 is 0 Å². The third-order valence-electron chi connectivity index (χ3n) is 4.51. The van der Waals surface area contributed by atoms with Gasteiger partial charge in [-0.1, -0.05) is 85.5 Å². The normalized spacial score (nSPS) is 14.7. The fraction of sp³-hybridized carbons (Fsp3) is 1.00. The minimum absolute atomic E-state index is 0.396. The lowest BCUT2D eigenvalue weighted by Crippen LogP contribution is -2.06. The van der Waals surface area contributed by atoms with Gasteiger partial charge < -0.3 is 5.11 Å². The predicted octanol–water partition coefficient (Wildman–Crippen LogP) is 6.20.